The van der Waals surface area contributed by atoms with E-state index in [9.17, 15) is 0 Å². The Bertz CT molecular complexity index is 2070. The predicted molar refractivity (Wildman–Crippen MR) is 184 cm³/mol. The molecule has 2 aliphatic rings. The molecule has 1 unspecified atom stereocenters. The third kappa shape index (κ3) is 4.77. The highest BCUT2D eigenvalue weighted by molar-refractivity contribution is 6.18. The van der Waals surface area contributed by atoms with Crippen LogP contribution in [0.3, 0.4) is 0 Å². The molecule has 1 atom stereocenters. The molecule has 0 saturated carbocycles. The van der Waals surface area contributed by atoms with E-state index in [4.69, 9.17) is 9.98 Å². The highest BCUT2D eigenvalue weighted by Gasteiger charge is 2.24. The summed E-state index contributed by atoms with van der Waals surface area (Å²) in [5, 5.41) is 9.62. The summed E-state index contributed by atoms with van der Waals surface area (Å²) in [6, 6.07) is 49.0. The van der Waals surface area contributed by atoms with Crippen LogP contribution in [0.15, 0.2) is 156 Å². The number of hydrogen-bond acceptors (Lipinski definition) is 4. The summed E-state index contributed by atoms with van der Waals surface area (Å²) in [6.07, 6.45) is 4.10. The molecule has 0 aliphatic carbocycles. The van der Waals surface area contributed by atoms with E-state index in [1.165, 1.54) is 33.2 Å². The molecule has 0 saturated heterocycles. The number of nitrogens with zero attached hydrogens (tertiary/aromatic N) is 2. The van der Waals surface area contributed by atoms with Gasteiger partial charge < -0.3 is 10.6 Å². The molecule has 0 fully saturated rings. The van der Waals surface area contributed by atoms with Crippen molar-refractivity contribution in [1.82, 2.24) is 5.32 Å². The largest absolute Gasteiger partial charge is 0.381 e. The quantitative estimate of drug-likeness (QED) is 0.219. The van der Waals surface area contributed by atoms with Gasteiger partial charge in [-0.25, -0.2) is 9.98 Å². The first-order valence-corrected chi connectivity index (χ1v) is 15.0. The molecule has 210 valence electrons. The summed E-state index contributed by atoms with van der Waals surface area (Å²) in [4.78, 5) is 10.2. The molecule has 6 aromatic rings. The van der Waals surface area contributed by atoms with Crippen LogP contribution in [-0.4, -0.2) is 18.2 Å². The van der Waals surface area contributed by atoms with Crippen molar-refractivity contribution in [2.24, 2.45) is 9.98 Å². The average molecular weight is 567 g/mol. The number of nitrogens with one attached hydrogen (secondary N) is 2. The van der Waals surface area contributed by atoms with Crippen molar-refractivity contribution in [1.29, 1.82) is 0 Å². The van der Waals surface area contributed by atoms with Gasteiger partial charge in [-0.15, -0.1) is 0 Å². The zero-order valence-corrected chi connectivity index (χ0v) is 24.1. The Morgan fingerprint density at radius 2 is 1.34 bits per heavy atom. The number of aliphatic imine (C=N–C) groups is 2. The van der Waals surface area contributed by atoms with Crippen molar-refractivity contribution in [3.05, 3.63) is 168 Å². The fourth-order valence-corrected chi connectivity index (χ4v) is 6.20. The first-order chi connectivity index (χ1) is 21.8. The Morgan fingerprint density at radius 1 is 0.591 bits per heavy atom. The van der Waals surface area contributed by atoms with Crippen LogP contribution in [0.1, 0.15) is 28.4 Å². The molecule has 0 radical (unpaired) electrons. The van der Waals surface area contributed by atoms with Gasteiger partial charge in [-0.1, -0.05) is 152 Å². The molecule has 0 bridgehead atoms. The molecule has 2 aliphatic heterocycles. The third-order valence-electron chi connectivity index (χ3n) is 8.35. The minimum absolute atomic E-state index is 0.258. The van der Waals surface area contributed by atoms with Gasteiger partial charge in [0.1, 0.15) is 12.0 Å². The van der Waals surface area contributed by atoms with Gasteiger partial charge in [-0.2, -0.15) is 0 Å². The van der Waals surface area contributed by atoms with Crippen molar-refractivity contribution in [3.8, 4) is 22.3 Å². The normalized spacial score (nSPS) is 15.5. The van der Waals surface area contributed by atoms with Gasteiger partial charge in [-0.05, 0) is 33.0 Å². The molecule has 0 amide bonds. The number of fused-ring (bicyclic) bond motifs is 2. The Morgan fingerprint density at radius 3 is 2.18 bits per heavy atom. The summed E-state index contributed by atoms with van der Waals surface area (Å²) in [5.41, 5.74) is 10.2. The molecule has 0 spiro atoms. The summed E-state index contributed by atoms with van der Waals surface area (Å²) < 4.78 is 0. The summed E-state index contributed by atoms with van der Waals surface area (Å²) in [6.45, 7) is 0.842. The topological polar surface area (TPSA) is 48.8 Å². The lowest BCUT2D eigenvalue weighted by atomic mass is 9.90. The maximum absolute atomic E-state index is 5.15. The van der Waals surface area contributed by atoms with E-state index < -0.39 is 0 Å². The van der Waals surface area contributed by atoms with Crippen LogP contribution in [0, 0.1) is 0 Å². The Labute approximate surface area is 257 Å². The van der Waals surface area contributed by atoms with E-state index in [1.54, 1.807) is 0 Å². The Hall–Kier alpha value is -5.74. The second kappa shape index (κ2) is 11.2. The smallest absolute Gasteiger partial charge is 0.159 e. The first-order valence-electron chi connectivity index (χ1n) is 15.0. The minimum atomic E-state index is -0.258. The molecule has 0 aromatic heterocycles. The van der Waals surface area contributed by atoms with Gasteiger partial charge >= 0.3 is 0 Å². The monoisotopic (exact) mass is 566 g/mol. The number of amidine groups is 2. The molecule has 6 aromatic carbocycles. The highest BCUT2D eigenvalue weighted by atomic mass is 15.2. The number of anilines is 1. The van der Waals surface area contributed by atoms with Crippen LogP contribution >= 0.6 is 0 Å². The van der Waals surface area contributed by atoms with Crippen molar-refractivity contribution < 1.29 is 0 Å². The van der Waals surface area contributed by atoms with Crippen molar-refractivity contribution in [3.63, 3.8) is 0 Å². The zero-order chi connectivity index (χ0) is 29.3. The van der Waals surface area contributed by atoms with Gasteiger partial charge in [0.15, 0.2) is 5.84 Å². The van der Waals surface area contributed by atoms with E-state index in [0.29, 0.717) is 0 Å². The minimum Gasteiger partial charge on any atom is -0.381 e. The van der Waals surface area contributed by atoms with E-state index >= 15 is 0 Å². The van der Waals surface area contributed by atoms with E-state index in [-0.39, 0.29) is 6.17 Å². The number of rotatable bonds is 5. The molecule has 44 heavy (non-hydrogen) atoms. The molecule has 8 rings (SSSR count). The number of benzene rings is 6. The van der Waals surface area contributed by atoms with Crippen LogP contribution in [-0.2, 0) is 0 Å². The number of hydrogen-bond donors (Lipinski definition) is 2. The van der Waals surface area contributed by atoms with E-state index in [2.05, 4.69) is 138 Å². The zero-order valence-electron chi connectivity index (χ0n) is 24.1. The molecule has 2 N–H and O–H groups in total. The standard InChI is InChI=1S/C40H30N4/c1-3-12-31(13-4-1)38-42-39(32-14-5-2-6-15-32)44-40(43-38)35-25-24-27-11-7-8-18-33(27)36(35)29-22-20-28(21-23-29)34-19-9-16-30-17-10-26-41-37(30)34/h1-25,38,41H,26H2,(H,42,43,44). The lowest BCUT2D eigenvalue weighted by molar-refractivity contribution is 0.674. The van der Waals surface area contributed by atoms with Gasteiger partial charge in [-0.3, -0.25) is 0 Å². The van der Waals surface area contributed by atoms with E-state index in [1.807, 2.05) is 24.3 Å². The lowest BCUT2D eigenvalue weighted by Crippen LogP contribution is -2.34. The lowest BCUT2D eigenvalue weighted by Gasteiger charge is -2.25. The van der Waals surface area contributed by atoms with Crippen LogP contribution in [0.5, 0.6) is 0 Å². The summed E-state index contributed by atoms with van der Waals surface area (Å²) in [7, 11) is 0. The maximum Gasteiger partial charge on any atom is 0.159 e. The van der Waals surface area contributed by atoms with Gasteiger partial charge in [0.25, 0.3) is 0 Å². The Kier molecular flexibility index (Phi) is 6.58. The molecular weight excluding hydrogens is 536 g/mol. The van der Waals surface area contributed by atoms with Crippen LogP contribution < -0.4 is 10.6 Å². The van der Waals surface area contributed by atoms with Crippen LogP contribution in [0.4, 0.5) is 5.69 Å². The summed E-state index contributed by atoms with van der Waals surface area (Å²) >= 11 is 0. The van der Waals surface area contributed by atoms with Crippen molar-refractivity contribution >= 4 is 34.2 Å². The maximum atomic E-state index is 5.15. The molecule has 4 nitrogen and oxygen atoms in total. The molecule has 4 heteroatoms. The van der Waals surface area contributed by atoms with Crippen molar-refractivity contribution in [2.45, 2.75) is 6.17 Å². The highest BCUT2D eigenvalue weighted by Crippen LogP contribution is 2.37. The number of para-hydroxylation sites is 1. The van der Waals surface area contributed by atoms with Crippen LogP contribution in [0.25, 0.3) is 39.1 Å². The van der Waals surface area contributed by atoms with E-state index in [0.717, 1.165) is 46.0 Å². The SMILES string of the molecule is C1=Cc2cccc(-c3ccc(-c4c(C5=NC(c6ccccc6)=NC(c6ccccc6)N5)ccc5ccccc45)cc3)c2NC1. The van der Waals surface area contributed by atoms with Gasteiger partial charge in [0.2, 0.25) is 0 Å². The average Bonchev–Trinajstić information content (AvgIpc) is 3.11. The second-order valence-electron chi connectivity index (χ2n) is 11.1. The fraction of sp³-hybridized carbons (Fsp3) is 0.0500. The Balaban J connectivity index is 1.27. The van der Waals surface area contributed by atoms with Gasteiger partial charge in [0, 0.05) is 34.5 Å². The third-order valence-corrected chi connectivity index (χ3v) is 8.35. The van der Waals surface area contributed by atoms with Crippen LogP contribution in [0.2, 0.25) is 0 Å². The molecular formula is C40H30N4. The second-order valence-corrected chi connectivity index (χ2v) is 11.1. The van der Waals surface area contributed by atoms with Gasteiger partial charge in [0.05, 0.1) is 0 Å². The fourth-order valence-electron chi connectivity index (χ4n) is 6.20. The first kappa shape index (κ1) is 25.9. The summed E-state index contributed by atoms with van der Waals surface area (Å²) in [5.74, 6) is 1.53. The van der Waals surface area contributed by atoms with Crippen molar-refractivity contribution in [2.75, 3.05) is 11.9 Å². The predicted octanol–water partition coefficient (Wildman–Crippen LogP) is 9.11. The molecule has 2 heterocycles.